The number of benzene rings is 2. The minimum absolute atomic E-state index is 0.314. The molecule has 0 amide bonds. The Kier molecular flexibility index (Phi) is 7.89. The quantitative estimate of drug-likeness (QED) is 0.311. The number of para-hydroxylation sites is 1. The van der Waals surface area contributed by atoms with Gasteiger partial charge in [0, 0.05) is 55.6 Å². The molecule has 0 unspecified atom stereocenters. The van der Waals surface area contributed by atoms with E-state index >= 15 is 0 Å². The number of piperidine rings is 1. The van der Waals surface area contributed by atoms with Crippen molar-refractivity contribution >= 4 is 22.5 Å². The predicted molar refractivity (Wildman–Crippen MR) is 138 cm³/mol. The first-order valence-corrected chi connectivity index (χ1v) is 12.2. The number of rotatable bonds is 8. The largest absolute Gasteiger partial charge is 0.396 e. The van der Waals surface area contributed by atoms with Gasteiger partial charge in [-0.05, 0) is 67.9 Å². The van der Waals surface area contributed by atoms with Crippen molar-refractivity contribution in [2.45, 2.75) is 39.7 Å². The molecular weight excluding hydrogens is 410 g/mol. The van der Waals surface area contributed by atoms with Crippen molar-refractivity contribution in [3.63, 3.8) is 0 Å². The summed E-state index contributed by atoms with van der Waals surface area (Å²) < 4.78 is 0. The Balaban J connectivity index is 1.31. The van der Waals surface area contributed by atoms with E-state index in [1.807, 2.05) is 0 Å². The number of nitrogens with zero attached hydrogens (tertiary/aromatic N) is 2. The third-order valence-corrected chi connectivity index (χ3v) is 6.63. The molecular formula is C27H37N5O. The second-order valence-electron chi connectivity index (χ2n) is 8.96. The minimum atomic E-state index is 0.314. The monoisotopic (exact) mass is 447 g/mol. The van der Waals surface area contributed by atoms with Crippen LogP contribution in [-0.2, 0) is 13.0 Å². The number of guanidine groups is 1. The maximum Gasteiger partial charge on any atom is 0.191 e. The molecule has 6 heteroatoms. The maximum absolute atomic E-state index is 9.34. The van der Waals surface area contributed by atoms with Crippen LogP contribution < -0.4 is 15.5 Å². The Labute approximate surface area is 197 Å². The number of aromatic nitrogens is 1. The molecule has 0 saturated carbocycles. The molecule has 33 heavy (non-hydrogen) atoms. The van der Waals surface area contributed by atoms with E-state index in [4.69, 9.17) is 4.99 Å². The summed E-state index contributed by atoms with van der Waals surface area (Å²) in [5.41, 5.74) is 6.30. The minimum Gasteiger partial charge on any atom is -0.396 e. The molecule has 4 rings (SSSR count). The average Bonchev–Trinajstić information content (AvgIpc) is 3.27. The second kappa shape index (κ2) is 11.2. The highest BCUT2D eigenvalue weighted by Crippen LogP contribution is 2.24. The molecule has 2 aromatic carbocycles. The Morgan fingerprint density at radius 2 is 1.91 bits per heavy atom. The summed E-state index contributed by atoms with van der Waals surface area (Å²) in [6.07, 6.45) is 5.20. The summed E-state index contributed by atoms with van der Waals surface area (Å²) in [7, 11) is 0. The first kappa shape index (κ1) is 23.2. The van der Waals surface area contributed by atoms with Crippen LogP contribution in [0.15, 0.2) is 53.7 Å². The van der Waals surface area contributed by atoms with Gasteiger partial charge in [0.25, 0.3) is 0 Å². The average molecular weight is 448 g/mol. The second-order valence-corrected chi connectivity index (χ2v) is 8.96. The molecule has 0 bridgehead atoms. The van der Waals surface area contributed by atoms with Gasteiger partial charge in [-0.2, -0.15) is 0 Å². The highest BCUT2D eigenvalue weighted by Gasteiger charge is 2.18. The van der Waals surface area contributed by atoms with Crippen molar-refractivity contribution in [1.82, 2.24) is 15.6 Å². The van der Waals surface area contributed by atoms with E-state index in [0.717, 1.165) is 51.4 Å². The number of aromatic amines is 1. The normalized spacial score (nSPS) is 15.2. The van der Waals surface area contributed by atoms with Crippen molar-refractivity contribution in [3.8, 4) is 0 Å². The smallest absolute Gasteiger partial charge is 0.191 e. The SMILES string of the molecule is CCNC(=NCc1ccc(N2CCC(CO)CC2)cc1)NCCc1c[nH]c2c(C)cccc12. The van der Waals surface area contributed by atoms with E-state index in [1.54, 1.807) is 0 Å². The van der Waals surface area contributed by atoms with Crippen LogP contribution in [0.3, 0.4) is 0 Å². The lowest BCUT2D eigenvalue weighted by molar-refractivity contribution is 0.203. The Bertz CT molecular complexity index is 1050. The fourth-order valence-corrected chi connectivity index (χ4v) is 4.58. The summed E-state index contributed by atoms with van der Waals surface area (Å²) in [6, 6.07) is 15.2. The van der Waals surface area contributed by atoms with Crippen molar-refractivity contribution < 1.29 is 5.11 Å². The number of aliphatic imine (C=N–C) groups is 1. The summed E-state index contributed by atoms with van der Waals surface area (Å²) in [5.74, 6) is 1.32. The molecule has 1 saturated heterocycles. The summed E-state index contributed by atoms with van der Waals surface area (Å²) in [5, 5.41) is 17.5. The zero-order valence-corrected chi connectivity index (χ0v) is 19.9. The maximum atomic E-state index is 9.34. The van der Waals surface area contributed by atoms with Gasteiger partial charge in [0.2, 0.25) is 0 Å². The molecule has 176 valence electrons. The molecule has 3 aromatic rings. The van der Waals surface area contributed by atoms with E-state index in [1.165, 1.54) is 33.3 Å². The van der Waals surface area contributed by atoms with Crippen molar-refractivity contribution in [2.24, 2.45) is 10.9 Å². The Morgan fingerprint density at radius 3 is 2.64 bits per heavy atom. The van der Waals surface area contributed by atoms with Gasteiger partial charge in [-0.1, -0.05) is 30.3 Å². The zero-order chi connectivity index (χ0) is 23.0. The van der Waals surface area contributed by atoms with E-state index < -0.39 is 0 Å². The zero-order valence-electron chi connectivity index (χ0n) is 19.9. The molecule has 6 nitrogen and oxygen atoms in total. The van der Waals surface area contributed by atoms with Crippen LogP contribution in [0.1, 0.15) is 36.5 Å². The number of aryl methyl sites for hydroxylation is 1. The molecule has 0 radical (unpaired) electrons. The molecule has 0 aliphatic carbocycles. The predicted octanol–water partition coefficient (Wildman–Crippen LogP) is 3.98. The van der Waals surface area contributed by atoms with Crippen LogP contribution in [0.25, 0.3) is 10.9 Å². The van der Waals surface area contributed by atoms with Gasteiger partial charge in [-0.25, -0.2) is 4.99 Å². The molecule has 1 aliphatic heterocycles. The number of aliphatic hydroxyl groups is 1. The highest BCUT2D eigenvalue weighted by molar-refractivity contribution is 5.86. The molecule has 1 fully saturated rings. The van der Waals surface area contributed by atoms with Crippen LogP contribution in [0, 0.1) is 12.8 Å². The van der Waals surface area contributed by atoms with E-state index in [9.17, 15) is 5.11 Å². The van der Waals surface area contributed by atoms with Gasteiger partial charge in [-0.3, -0.25) is 0 Å². The Hall–Kier alpha value is -2.99. The molecule has 0 atom stereocenters. The van der Waals surface area contributed by atoms with Crippen LogP contribution in [0.4, 0.5) is 5.69 Å². The van der Waals surface area contributed by atoms with Gasteiger partial charge in [0.15, 0.2) is 5.96 Å². The Morgan fingerprint density at radius 1 is 1.12 bits per heavy atom. The van der Waals surface area contributed by atoms with Crippen LogP contribution >= 0.6 is 0 Å². The van der Waals surface area contributed by atoms with Crippen LogP contribution in [-0.4, -0.2) is 48.8 Å². The highest BCUT2D eigenvalue weighted by atomic mass is 16.3. The summed E-state index contributed by atoms with van der Waals surface area (Å²) in [6.45, 7) is 8.90. The first-order valence-electron chi connectivity index (χ1n) is 12.2. The number of hydrogen-bond acceptors (Lipinski definition) is 3. The number of nitrogens with one attached hydrogen (secondary N) is 3. The lowest BCUT2D eigenvalue weighted by Crippen LogP contribution is -2.38. The lowest BCUT2D eigenvalue weighted by Gasteiger charge is -2.32. The van der Waals surface area contributed by atoms with Gasteiger partial charge in [0.1, 0.15) is 0 Å². The van der Waals surface area contributed by atoms with Crippen molar-refractivity contribution in [3.05, 3.63) is 65.4 Å². The van der Waals surface area contributed by atoms with Crippen LogP contribution in [0.2, 0.25) is 0 Å². The lowest BCUT2D eigenvalue weighted by atomic mass is 9.97. The number of hydrogen-bond donors (Lipinski definition) is 4. The third-order valence-electron chi connectivity index (χ3n) is 6.63. The van der Waals surface area contributed by atoms with Gasteiger partial charge in [0.05, 0.1) is 6.54 Å². The molecule has 4 N–H and O–H groups in total. The van der Waals surface area contributed by atoms with E-state index in [-0.39, 0.29) is 0 Å². The van der Waals surface area contributed by atoms with E-state index in [0.29, 0.717) is 19.1 Å². The number of fused-ring (bicyclic) bond motifs is 1. The summed E-state index contributed by atoms with van der Waals surface area (Å²) in [4.78, 5) is 10.6. The van der Waals surface area contributed by atoms with Crippen molar-refractivity contribution in [2.75, 3.05) is 37.7 Å². The third kappa shape index (κ3) is 5.88. The van der Waals surface area contributed by atoms with Crippen LogP contribution in [0.5, 0.6) is 0 Å². The van der Waals surface area contributed by atoms with Gasteiger partial charge in [-0.15, -0.1) is 0 Å². The molecule has 0 spiro atoms. The van der Waals surface area contributed by atoms with Crippen molar-refractivity contribution in [1.29, 1.82) is 0 Å². The fourth-order valence-electron chi connectivity index (χ4n) is 4.58. The fraction of sp³-hybridized carbons (Fsp3) is 0.444. The van der Waals surface area contributed by atoms with E-state index in [2.05, 4.69) is 83.0 Å². The number of aliphatic hydroxyl groups excluding tert-OH is 1. The number of anilines is 1. The summed E-state index contributed by atoms with van der Waals surface area (Å²) >= 11 is 0. The first-order chi connectivity index (χ1) is 16.2. The molecule has 1 aliphatic rings. The standard InChI is InChI=1S/C27H37N5O/c1-3-28-27(29-14-11-23-18-30-26-20(2)5-4-6-25(23)26)31-17-21-7-9-24(10-8-21)32-15-12-22(19-33)13-16-32/h4-10,18,22,30,33H,3,11-17,19H2,1-2H3,(H2,28,29,31). The van der Waals surface area contributed by atoms with Gasteiger partial charge < -0.3 is 25.6 Å². The number of H-pyrrole nitrogens is 1. The molecule has 1 aromatic heterocycles. The molecule has 2 heterocycles. The van der Waals surface area contributed by atoms with Gasteiger partial charge >= 0.3 is 0 Å². The topological polar surface area (TPSA) is 75.7 Å².